The minimum Gasteiger partial charge on any atom is -0.428 e. The lowest BCUT2D eigenvalue weighted by Gasteiger charge is -2.35. The standard InChI is InChI=1S/C37H48O12S2/c1-11-12-22-50(41,42)49-51(29-19-13-16-26(23-29)43-32(38)46-35(2,3)4,30-20-14-17-27(24-30)44-33(39)47-36(5,6)7)31-21-15-18-28(25-31)45-34(40)48-37(8,9)10/h13-21,23-25H,11-12,22H2,1-10H3/p+1. The fraction of sp³-hybridized carbons (Fsp3) is 0.432. The fourth-order valence-corrected chi connectivity index (χ4v) is 10.2. The van der Waals surface area contributed by atoms with E-state index in [2.05, 4.69) is 3.63 Å². The van der Waals surface area contributed by atoms with Gasteiger partial charge in [0.25, 0.3) is 0 Å². The summed E-state index contributed by atoms with van der Waals surface area (Å²) in [4.78, 5) is 39.1. The molecule has 0 aromatic heterocycles. The molecule has 1 N–H and O–H groups in total. The second-order valence-electron chi connectivity index (χ2n) is 14.4. The second kappa shape index (κ2) is 16.4. The molecule has 0 fully saturated rings. The Morgan fingerprint density at radius 1 is 0.569 bits per heavy atom. The number of carbonyl (C=O) groups excluding carboxylic acids is 3. The second-order valence-corrected chi connectivity index (χ2v) is 19.2. The number of hydrogen-bond donors (Lipinski definition) is 0. The molecule has 0 radical (unpaired) electrons. The molecule has 12 nitrogen and oxygen atoms in total. The predicted molar refractivity (Wildman–Crippen MR) is 194 cm³/mol. The molecule has 0 heterocycles. The lowest BCUT2D eigenvalue weighted by Crippen LogP contribution is -2.26. The van der Waals surface area contributed by atoms with Crippen molar-refractivity contribution in [1.29, 1.82) is 0 Å². The fourth-order valence-electron chi connectivity index (χ4n) is 4.34. The summed E-state index contributed by atoms with van der Waals surface area (Å²) < 4.78 is 65.1. The van der Waals surface area contributed by atoms with Crippen LogP contribution in [0.25, 0.3) is 0 Å². The molecule has 0 aliphatic heterocycles. The van der Waals surface area contributed by atoms with E-state index >= 15 is 0 Å². The van der Waals surface area contributed by atoms with Crippen LogP contribution in [0.3, 0.4) is 0 Å². The Kier molecular flexibility index (Phi) is 13.2. The van der Waals surface area contributed by atoms with Crippen LogP contribution in [-0.4, -0.2) is 53.1 Å². The average Bonchev–Trinajstić information content (AvgIpc) is 2.96. The summed E-state index contributed by atoms with van der Waals surface area (Å²) in [5.74, 6) is -0.0829. The predicted octanol–water partition coefficient (Wildman–Crippen LogP) is 10.0. The van der Waals surface area contributed by atoms with Crippen molar-refractivity contribution in [1.82, 2.24) is 0 Å². The molecule has 280 valence electrons. The highest BCUT2D eigenvalue weighted by atomic mass is 32.3. The van der Waals surface area contributed by atoms with E-state index in [-0.39, 0.29) is 23.0 Å². The number of rotatable bonds is 11. The van der Waals surface area contributed by atoms with E-state index in [4.69, 9.17) is 28.4 Å². The van der Waals surface area contributed by atoms with Crippen molar-refractivity contribution < 1.29 is 54.9 Å². The topological polar surface area (TPSA) is 154 Å². The Morgan fingerprint density at radius 3 is 1.16 bits per heavy atom. The molecule has 51 heavy (non-hydrogen) atoms. The van der Waals surface area contributed by atoms with Crippen LogP contribution in [0, 0.1) is 0 Å². The van der Waals surface area contributed by atoms with Crippen LogP contribution < -0.4 is 14.2 Å². The third-order valence-electron chi connectivity index (χ3n) is 6.19. The van der Waals surface area contributed by atoms with Crippen LogP contribution in [0.5, 0.6) is 17.2 Å². The molecule has 0 spiro atoms. The largest absolute Gasteiger partial charge is 0.514 e. The van der Waals surface area contributed by atoms with Crippen molar-refractivity contribution in [3.8, 4) is 17.2 Å². The summed E-state index contributed by atoms with van der Waals surface area (Å²) in [5.41, 5.74) is -2.51. The first kappa shape index (κ1) is 41.2. The van der Waals surface area contributed by atoms with Crippen molar-refractivity contribution >= 4 is 38.9 Å². The summed E-state index contributed by atoms with van der Waals surface area (Å²) in [6, 6.07) is 18.8. The molecular formula is C37H49O12S2+. The van der Waals surface area contributed by atoms with Crippen molar-refractivity contribution in [3.05, 3.63) is 72.8 Å². The van der Waals surface area contributed by atoms with Gasteiger partial charge in [-0.25, -0.2) is 14.4 Å². The van der Waals surface area contributed by atoms with Gasteiger partial charge in [0.05, 0.1) is 25.0 Å². The van der Waals surface area contributed by atoms with E-state index in [9.17, 15) is 22.8 Å². The summed E-state index contributed by atoms with van der Waals surface area (Å²) >= 11 is 0. The molecule has 0 bridgehead atoms. The lowest BCUT2D eigenvalue weighted by atomic mass is 10.2. The maximum absolute atomic E-state index is 13.9. The Morgan fingerprint density at radius 2 is 0.882 bits per heavy atom. The first-order valence-corrected chi connectivity index (χ1v) is 19.5. The van der Waals surface area contributed by atoms with Gasteiger partial charge in [0.15, 0.2) is 0 Å². The molecular weight excluding hydrogens is 701 g/mol. The van der Waals surface area contributed by atoms with Crippen LogP contribution in [-0.2, 0) is 24.3 Å². The molecule has 0 atom stereocenters. The van der Waals surface area contributed by atoms with Crippen LogP contribution in [0.1, 0.15) is 82.1 Å². The molecule has 0 amide bonds. The van der Waals surface area contributed by atoms with Crippen molar-refractivity contribution in [2.24, 2.45) is 0 Å². The van der Waals surface area contributed by atoms with Crippen LogP contribution >= 0.6 is 10.3 Å². The van der Waals surface area contributed by atoms with Crippen LogP contribution in [0.15, 0.2) is 87.5 Å². The number of benzene rings is 3. The van der Waals surface area contributed by atoms with Gasteiger partial charge >= 0.3 is 28.6 Å². The minimum atomic E-state index is -4.16. The van der Waals surface area contributed by atoms with Gasteiger partial charge in [-0.2, -0.15) is 8.42 Å². The van der Waals surface area contributed by atoms with Crippen molar-refractivity contribution in [2.45, 2.75) is 114 Å². The van der Waals surface area contributed by atoms with Gasteiger partial charge in [-0.3, -0.25) is 3.63 Å². The summed E-state index contributed by atoms with van der Waals surface area (Å²) in [7, 11) is -7.42. The maximum Gasteiger partial charge on any atom is 0.514 e. The maximum atomic E-state index is 13.9. The quantitative estimate of drug-likeness (QED) is 0.0605. The number of ether oxygens (including phenoxy) is 6. The Balaban J connectivity index is 2.34. The van der Waals surface area contributed by atoms with Gasteiger partial charge in [0, 0.05) is 18.2 Å². The van der Waals surface area contributed by atoms with Crippen LogP contribution in [0.4, 0.5) is 14.4 Å². The SMILES string of the molecule is CCCCS(=O)(=O)[OH+]S(c1cccc(OC(=O)OC(C)(C)C)c1)(c1cccc(OC(=O)OC(C)(C)C)c1)c1cccc(OC(=O)OC(C)(C)C)c1. The molecule has 3 rings (SSSR count). The van der Waals surface area contributed by atoms with Gasteiger partial charge in [-0.15, -0.1) is 0 Å². The van der Waals surface area contributed by atoms with Gasteiger partial charge in [0.2, 0.25) is 0 Å². The zero-order valence-electron chi connectivity index (χ0n) is 30.8. The highest BCUT2D eigenvalue weighted by Crippen LogP contribution is 2.69. The van der Waals surface area contributed by atoms with E-state index in [1.807, 2.05) is 6.92 Å². The Hall–Kier alpha value is -4.27. The first-order chi connectivity index (χ1) is 23.5. The Labute approximate surface area is 302 Å². The summed E-state index contributed by atoms with van der Waals surface area (Å²) in [6.45, 7) is 17.1. The molecule has 0 aliphatic rings. The lowest BCUT2D eigenvalue weighted by molar-refractivity contribution is 0.0192. The third-order valence-corrected chi connectivity index (χ3v) is 11.6. The monoisotopic (exact) mass is 749 g/mol. The molecule has 0 aliphatic carbocycles. The smallest absolute Gasteiger partial charge is 0.428 e. The molecule has 14 heteroatoms. The number of hydrogen-bond acceptors (Lipinski definition) is 11. The van der Waals surface area contributed by atoms with E-state index in [1.54, 1.807) is 98.7 Å². The molecule has 3 aromatic rings. The van der Waals surface area contributed by atoms with Crippen molar-refractivity contribution in [3.63, 3.8) is 0 Å². The minimum absolute atomic E-state index is 0.0575. The van der Waals surface area contributed by atoms with E-state index in [0.29, 0.717) is 27.5 Å². The summed E-state index contributed by atoms with van der Waals surface area (Å²) in [5, 5.41) is 0. The highest BCUT2D eigenvalue weighted by Gasteiger charge is 2.44. The highest BCUT2D eigenvalue weighted by molar-refractivity contribution is 8.32. The van der Waals surface area contributed by atoms with Gasteiger partial charge in [0.1, 0.15) is 39.8 Å². The van der Waals surface area contributed by atoms with Crippen molar-refractivity contribution in [2.75, 3.05) is 5.75 Å². The number of carbonyl (C=O) groups is 3. The average molecular weight is 750 g/mol. The van der Waals surface area contributed by atoms with Gasteiger partial charge in [-0.05, 0) is 105 Å². The zero-order chi connectivity index (χ0) is 38.3. The number of unbranched alkanes of at least 4 members (excludes halogenated alkanes) is 1. The molecule has 0 saturated carbocycles. The van der Waals surface area contributed by atoms with E-state index < -0.39 is 55.7 Å². The van der Waals surface area contributed by atoms with Gasteiger partial charge < -0.3 is 28.4 Å². The molecule has 0 saturated heterocycles. The van der Waals surface area contributed by atoms with E-state index in [0.717, 1.165) is 0 Å². The van der Waals surface area contributed by atoms with Gasteiger partial charge in [-0.1, -0.05) is 31.5 Å². The molecule has 0 unspecified atom stereocenters. The zero-order valence-corrected chi connectivity index (χ0v) is 32.4. The first-order valence-electron chi connectivity index (χ1n) is 16.3. The molecule has 3 aromatic carbocycles. The Bertz CT molecular complexity index is 1620. The summed E-state index contributed by atoms with van der Waals surface area (Å²) in [6.07, 6.45) is -1.96. The third kappa shape index (κ3) is 13.1. The normalized spacial score (nSPS) is 12.7. The van der Waals surface area contributed by atoms with Crippen LogP contribution in [0.2, 0.25) is 0 Å². The van der Waals surface area contributed by atoms with E-state index in [1.165, 1.54) is 36.4 Å².